The molecule has 0 bridgehead atoms. The largest absolute Gasteiger partial charge is 0.262 e. The SMILES string of the molecule is Clc1cncc(-c2csnn2)c1. The van der Waals surface area contributed by atoms with Crippen molar-refractivity contribution in [1.29, 1.82) is 0 Å². The van der Waals surface area contributed by atoms with Gasteiger partial charge in [0.25, 0.3) is 0 Å². The van der Waals surface area contributed by atoms with Gasteiger partial charge in [-0.2, -0.15) is 0 Å². The Balaban J connectivity index is 2.48. The fraction of sp³-hybridized carbons (Fsp3) is 0. The molecule has 5 heteroatoms. The molecule has 0 N–H and O–H groups in total. The van der Waals surface area contributed by atoms with Gasteiger partial charge in [0.05, 0.1) is 5.02 Å². The van der Waals surface area contributed by atoms with Crippen molar-refractivity contribution in [2.75, 3.05) is 0 Å². The lowest BCUT2D eigenvalue weighted by molar-refractivity contribution is 1.15. The molecule has 0 saturated carbocycles. The summed E-state index contributed by atoms with van der Waals surface area (Å²) < 4.78 is 3.75. The van der Waals surface area contributed by atoms with Crippen molar-refractivity contribution in [2.45, 2.75) is 0 Å². The number of nitrogens with zero attached hydrogens (tertiary/aromatic N) is 3. The smallest absolute Gasteiger partial charge is 0.107 e. The zero-order valence-electron chi connectivity index (χ0n) is 5.94. The van der Waals surface area contributed by atoms with Crippen LogP contribution in [-0.4, -0.2) is 14.6 Å². The lowest BCUT2D eigenvalue weighted by Crippen LogP contribution is -1.79. The maximum atomic E-state index is 5.75. The third-order valence-electron chi connectivity index (χ3n) is 1.36. The summed E-state index contributed by atoms with van der Waals surface area (Å²) in [5, 5.41) is 6.36. The Bertz CT molecular complexity index is 374. The second-order valence-corrected chi connectivity index (χ2v) is 3.23. The molecule has 0 aromatic carbocycles. The van der Waals surface area contributed by atoms with Crippen LogP contribution in [0.3, 0.4) is 0 Å². The van der Waals surface area contributed by atoms with Crippen LogP contribution in [0.1, 0.15) is 0 Å². The first-order valence-corrected chi connectivity index (χ1v) is 4.46. The van der Waals surface area contributed by atoms with Crippen LogP contribution in [0.15, 0.2) is 23.8 Å². The van der Waals surface area contributed by atoms with Crippen LogP contribution < -0.4 is 0 Å². The van der Waals surface area contributed by atoms with Crippen molar-refractivity contribution in [1.82, 2.24) is 14.6 Å². The van der Waals surface area contributed by atoms with Gasteiger partial charge in [0.1, 0.15) is 5.69 Å². The summed E-state index contributed by atoms with van der Waals surface area (Å²) in [7, 11) is 0. The summed E-state index contributed by atoms with van der Waals surface area (Å²) in [6.45, 7) is 0. The molecule has 0 aliphatic heterocycles. The second-order valence-electron chi connectivity index (χ2n) is 2.18. The molecule has 0 saturated heterocycles. The minimum atomic E-state index is 0.612. The first-order valence-electron chi connectivity index (χ1n) is 3.24. The first kappa shape index (κ1) is 7.64. The van der Waals surface area contributed by atoms with Gasteiger partial charge >= 0.3 is 0 Å². The summed E-state index contributed by atoms with van der Waals surface area (Å²) in [4.78, 5) is 3.95. The van der Waals surface area contributed by atoms with Gasteiger partial charge in [-0.3, -0.25) is 4.98 Å². The predicted molar refractivity (Wildman–Crippen MR) is 48.2 cm³/mol. The van der Waals surface area contributed by atoms with E-state index >= 15 is 0 Å². The van der Waals surface area contributed by atoms with E-state index in [1.165, 1.54) is 11.5 Å². The van der Waals surface area contributed by atoms with Gasteiger partial charge < -0.3 is 0 Å². The Hall–Kier alpha value is -1.00. The molecule has 0 fully saturated rings. The fourth-order valence-corrected chi connectivity index (χ4v) is 1.48. The molecule has 0 unspecified atom stereocenters. The summed E-state index contributed by atoms with van der Waals surface area (Å²) in [6.07, 6.45) is 3.30. The number of hydrogen-bond acceptors (Lipinski definition) is 4. The van der Waals surface area contributed by atoms with Crippen LogP contribution in [-0.2, 0) is 0 Å². The van der Waals surface area contributed by atoms with E-state index in [9.17, 15) is 0 Å². The van der Waals surface area contributed by atoms with Gasteiger partial charge in [0.2, 0.25) is 0 Å². The minimum Gasteiger partial charge on any atom is -0.262 e. The Morgan fingerprint density at radius 2 is 2.25 bits per heavy atom. The van der Waals surface area contributed by atoms with Gasteiger partial charge in [-0.05, 0) is 17.6 Å². The molecule has 0 radical (unpaired) electrons. The van der Waals surface area contributed by atoms with Crippen molar-refractivity contribution in [3.8, 4) is 11.3 Å². The van der Waals surface area contributed by atoms with E-state index in [1.807, 2.05) is 11.4 Å². The van der Waals surface area contributed by atoms with Crippen molar-refractivity contribution >= 4 is 23.1 Å². The molecule has 0 spiro atoms. The van der Waals surface area contributed by atoms with Crippen molar-refractivity contribution in [3.05, 3.63) is 28.9 Å². The lowest BCUT2D eigenvalue weighted by Gasteiger charge is -1.93. The van der Waals surface area contributed by atoms with Crippen molar-refractivity contribution < 1.29 is 0 Å². The van der Waals surface area contributed by atoms with Crippen LogP contribution in [0.2, 0.25) is 5.02 Å². The lowest BCUT2D eigenvalue weighted by atomic mass is 10.2. The van der Waals surface area contributed by atoms with E-state index in [0.29, 0.717) is 5.02 Å². The average Bonchev–Trinajstić information content (AvgIpc) is 2.56. The molecule has 2 rings (SSSR count). The van der Waals surface area contributed by atoms with Crippen molar-refractivity contribution in [2.24, 2.45) is 0 Å². The summed E-state index contributed by atoms with van der Waals surface area (Å²) in [5.74, 6) is 0. The highest BCUT2D eigenvalue weighted by molar-refractivity contribution is 7.03. The van der Waals surface area contributed by atoms with E-state index in [0.717, 1.165) is 11.3 Å². The summed E-state index contributed by atoms with van der Waals surface area (Å²) >= 11 is 7.06. The van der Waals surface area contributed by atoms with Crippen molar-refractivity contribution in [3.63, 3.8) is 0 Å². The number of pyridine rings is 1. The van der Waals surface area contributed by atoms with Gasteiger partial charge in [-0.1, -0.05) is 16.1 Å². The minimum absolute atomic E-state index is 0.612. The molecular formula is C7H4ClN3S. The Morgan fingerprint density at radius 1 is 1.33 bits per heavy atom. The van der Waals surface area contributed by atoms with E-state index in [1.54, 1.807) is 12.4 Å². The molecular weight excluding hydrogens is 194 g/mol. The molecule has 2 aromatic rings. The fourth-order valence-electron chi connectivity index (χ4n) is 0.842. The zero-order chi connectivity index (χ0) is 8.39. The third-order valence-corrected chi connectivity index (χ3v) is 2.07. The molecule has 0 aliphatic carbocycles. The van der Waals surface area contributed by atoms with Crippen LogP contribution in [0, 0.1) is 0 Å². The number of halogens is 1. The van der Waals surface area contributed by atoms with E-state index in [4.69, 9.17) is 11.6 Å². The average molecular weight is 198 g/mol. The molecule has 0 aliphatic rings. The van der Waals surface area contributed by atoms with Gasteiger partial charge in [0, 0.05) is 23.3 Å². The quantitative estimate of drug-likeness (QED) is 0.704. The zero-order valence-corrected chi connectivity index (χ0v) is 7.51. The van der Waals surface area contributed by atoms with Gasteiger partial charge in [0.15, 0.2) is 0 Å². The van der Waals surface area contributed by atoms with Crippen LogP contribution in [0.4, 0.5) is 0 Å². The summed E-state index contributed by atoms with van der Waals surface area (Å²) in [6, 6.07) is 1.81. The molecule has 12 heavy (non-hydrogen) atoms. The number of hydrogen-bond donors (Lipinski definition) is 0. The maximum Gasteiger partial charge on any atom is 0.107 e. The predicted octanol–water partition coefficient (Wildman–Crippen LogP) is 2.25. The van der Waals surface area contributed by atoms with E-state index in [-0.39, 0.29) is 0 Å². The van der Waals surface area contributed by atoms with E-state index < -0.39 is 0 Å². The Kier molecular flexibility index (Phi) is 2.01. The number of rotatable bonds is 1. The third kappa shape index (κ3) is 1.44. The highest BCUT2D eigenvalue weighted by Crippen LogP contribution is 2.19. The molecule has 0 amide bonds. The first-order chi connectivity index (χ1) is 5.86. The summed E-state index contributed by atoms with van der Waals surface area (Å²) in [5.41, 5.74) is 1.71. The second kappa shape index (κ2) is 3.16. The molecule has 0 atom stereocenters. The molecule has 60 valence electrons. The normalized spacial score (nSPS) is 10.1. The standard InChI is InChI=1S/C7H4ClN3S/c8-6-1-5(2-9-3-6)7-4-12-11-10-7/h1-4H. The van der Waals surface area contributed by atoms with Crippen LogP contribution in [0.25, 0.3) is 11.3 Å². The molecule has 3 nitrogen and oxygen atoms in total. The Morgan fingerprint density at radius 3 is 2.92 bits per heavy atom. The van der Waals surface area contributed by atoms with Crippen LogP contribution >= 0.6 is 23.1 Å². The molecule has 2 aromatic heterocycles. The number of aromatic nitrogens is 3. The van der Waals surface area contributed by atoms with Gasteiger partial charge in [-0.25, -0.2) is 0 Å². The highest BCUT2D eigenvalue weighted by Gasteiger charge is 2.00. The van der Waals surface area contributed by atoms with Gasteiger partial charge in [-0.15, -0.1) is 5.10 Å². The Labute approximate surface area is 78.2 Å². The topological polar surface area (TPSA) is 38.7 Å². The monoisotopic (exact) mass is 197 g/mol. The highest BCUT2D eigenvalue weighted by atomic mass is 35.5. The van der Waals surface area contributed by atoms with E-state index in [2.05, 4.69) is 14.6 Å². The maximum absolute atomic E-state index is 5.75. The molecule has 2 heterocycles. The van der Waals surface area contributed by atoms with Crippen LogP contribution in [0.5, 0.6) is 0 Å².